The predicted molar refractivity (Wildman–Crippen MR) is 95.0 cm³/mol. The highest BCUT2D eigenvalue weighted by Crippen LogP contribution is 2.22. The molecule has 1 aliphatic heterocycles. The molecule has 1 atom stereocenters. The number of esters is 1. The molecule has 7 nitrogen and oxygen atoms in total. The maximum absolute atomic E-state index is 12.2. The van der Waals surface area contributed by atoms with E-state index in [9.17, 15) is 9.59 Å². The van der Waals surface area contributed by atoms with Gasteiger partial charge in [-0.05, 0) is 33.8 Å². The highest BCUT2D eigenvalue weighted by atomic mass is 35.5. The highest BCUT2D eigenvalue weighted by Gasteiger charge is 2.30. The van der Waals surface area contributed by atoms with Gasteiger partial charge in [0, 0.05) is 31.9 Å². The molecule has 1 aromatic heterocycles. The number of carbonyl (C=O) groups is 2. The number of rotatable bonds is 3. The van der Waals surface area contributed by atoms with E-state index in [1.807, 2.05) is 27.7 Å². The number of amides is 1. The van der Waals surface area contributed by atoms with E-state index in [-0.39, 0.29) is 18.2 Å². The number of halogens is 1. The van der Waals surface area contributed by atoms with Crippen LogP contribution in [0.2, 0.25) is 0 Å². The maximum atomic E-state index is 12.2. The molecule has 1 fully saturated rings. The number of piperazine rings is 1. The minimum atomic E-state index is -0.515. The van der Waals surface area contributed by atoms with Crippen molar-refractivity contribution in [2.24, 2.45) is 0 Å². The molecular formula is C17H24ClN3O4. The molecule has 0 saturated carbocycles. The number of alkyl halides is 1. The van der Waals surface area contributed by atoms with Crippen LogP contribution in [0, 0.1) is 0 Å². The predicted octanol–water partition coefficient (Wildman–Crippen LogP) is 2.88. The summed E-state index contributed by atoms with van der Waals surface area (Å²) < 4.78 is 10.2. The van der Waals surface area contributed by atoms with Crippen LogP contribution in [0.15, 0.2) is 18.5 Å². The molecule has 0 radical (unpaired) electrons. The normalized spacial score (nSPS) is 18.0. The number of nitrogens with zero attached hydrogens (tertiary/aromatic N) is 3. The minimum Gasteiger partial charge on any atom is -0.446 e. The molecule has 0 N–H and O–H groups in total. The lowest BCUT2D eigenvalue weighted by molar-refractivity contribution is 0.0218. The molecule has 1 aliphatic rings. The third-order valence-corrected chi connectivity index (χ3v) is 3.87. The molecule has 0 aromatic carbocycles. The molecule has 2 heterocycles. The zero-order chi connectivity index (χ0) is 18.6. The van der Waals surface area contributed by atoms with Crippen LogP contribution in [0.4, 0.5) is 10.5 Å². The first-order valence-electron chi connectivity index (χ1n) is 8.14. The number of hydrogen-bond acceptors (Lipinski definition) is 6. The Hall–Kier alpha value is -2.02. The Labute approximate surface area is 152 Å². The van der Waals surface area contributed by atoms with Gasteiger partial charge in [0.05, 0.1) is 17.4 Å². The Kier molecular flexibility index (Phi) is 6.11. The number of ether oxygens (including phenoxy) is 2. The van der Waals surface area contributed by atoms with Crippen LogP contribution >= 0.6 is 11.6 Å². The van der Waals surface area contributed by atoms with Crippen LogP contribution in [0.1, 0.15) is 38.1 Å². The van der Waals surface area contributed by atoms with Crippen molar-refractivity contribution in [2.75, 3.05) is 30.6 Å². The van der Waals surface area contributed by atoms with Gasteiger partial charge < -0.3 is 19.3 Å². The van der Waals surface area contributed by atoms with E-state index in [4.69, 9.17) is 21.1 Å². The van der Waals surface area contributed by atoms with Gasteiger partial charge in [0.2, 0.25) is 0 Å². The zero-order valence-electron chi connectivity index (χ0n) is 15.0. The zero-order valence-corrected chi connectivity index (χ0v) is 15.7. The van der Waals surface area contributed by atoms with Gasteiger partial charge in [-0.15, -0.1) is 0 Å². The number of pyridine rings is 1. The molecule has 1 aromatic rings. The van der Waals surface area contributed by atoms with Gasteiger partial charge in [-0.3, -0.25) is 4.98 Å². The van der Waals surface area contributed by atoms with Gasteiger partial charge in [-0.1, -0.05) is 11.6 Å². The van der Waals surface area contributed by atoms with Gasteiger partial charge in [-0.2, -0.15) is 0 Å². The summed E-state index contributed by atoms with van der Waals surface area (Å²) in [7, 11) is 0. The number of anilines is 1. The third kappa shape index (κ3) is 5.22. The number of hydrogen-bond donors (Lipinski definition) is 0. The third-order valence-electron chi connectivity index (χ3n) is 3.76. The first kappa shape index (κ1) is 19.3. The van der Waals surface area contributed by atoms with Crippen molar-refractivity contribution in [3.05, 3.63) is 24.0 Å². The topological polar surface area (TPSA) is 72.0 Å². The fourth-order valence-electron chi connectivity index (χ4n) is 2.66. The summed E-state index contributed by atoms with van der Waals surface area (Å²) in [6.07, 6.45) is 2.83. The average Bonchev–Trinajstić information content (AvgIpc) is 2.53. The van der Waals surface area contributed by atoms with E-state index in [0.717, 1.165) is 5.69 Å². The van der Waals surface area contributed by atoms with Crippen LogP contribution in [-0.2, 0) is 9.47 Å². The Morgan fingerprint density at radius 3 is 2.64 bits per heavy atom. The van der Waals surface area contributed by atoms with Crippen molar-refractivity contribution >= 4 is 29.4 Å². The van der Waals surface area contributed by atoms with Gasteiger partial charge in [0.1, 0.15) is 5.60 Å². The molecule has 0 aliphatic carbocycles. The first-order chi connectivity index (χ1) is 11.7. The van der Waals surface area contributed by atoms with Crippen LogP contribution < -0.4 is 4.90 Å². The van der Waals surface area contributed by atoms with Gasteiger partial charge in [0.25, 0.3) is 0 Å². The molecule has 25 heavy (non-hydrogen) atoms. The standard InChI is InChI=1S/C17H24ClN3O4/c1-12-10-20(16(23)25-17(2,3)4)5-6-21(12)14-7-13(8-19-9-14)15(22)24-11-18/h7-9,12H,5-6,10-11H2,1-4H3. The number of aromatic nitrogens is 1. The van der Waals surface area contributed by atoms with Crippen molar-refractivity contribution < 1.29 is 19.1 Å². The van der Waals surface area contributed by atoms with Crippen molar-refractivity contribution in [3.8, 4) is 0 Å². The van der Waals surface area contributed by atoms with Gasteiger partial charge >= 0.3 is 12.1 Å². The summed E-state index contributed by atoms with van der Waals surface area (Å²) in [6.45, 7) is 9.25. The lowest BCUT2D eigenvalue weighted by Crippen LogP contribution is -2.54. The number of carbonyl (C=O) groups excluding carboxylic acids is 2. The van der Waals surface area contributed by atoms with Crippen molar-refractivity contribution in [1.82, 2.24) is 9.88 Å². The summed E-state index contributed by atoms with van der Waals surface area (Å²) in [5, 5.41) is 0. The second-order valence-corrected chi connectivity index (χ2v) is 7.16. The van der Waals surface area contributed by atoms with E-state index in [2.05, 4.69) is 9.88 Å². The highest BCUT2D eigenvalue weighted by molar-refractivity contribution is 6.17. The lowest BCUT2D eigenvalue weighted by atomic mass is 10.1. The summed E-state index contributed by atoms with van der Waals surface area (Å²) in [5.41, 5.74) is 0.638. The van der Waals surface area contributed by atoms with Gasteiger partial charge in [-0.25, -0.2) is 9.59 Å². The quantitative estimate of drug-likeness (QED) is 0.602. The van der Waals surface area contributed by atoms with Crippen LogP contribution in [0.3, 0.4) is 0 Å². The molecule has 0 bridgehead atoms. The van der Waals surface area contributed by atoms with Crippen LogP contribution in [0.5, 0.6) is 0 Å². The Morgan fingerprint density at radius 2 is 2.04 bits per heavy atom. The second kappa shape index (κ2) is 7.91. The smallest absolute Gasteiger partial charge is 0.410 e. The summed E-state index contributed by atoms with van der Waals surface area (Å²) >= 11 is 5.43. The monoisotopic (exact) mass is 369 g/mol. The molecule has 1 saturated heterocycles. The minimum absolute atomic E-state index is 0.0577. The largest absolute Gasteiger partial charge is 0.446 e. The summed E-state index contributed by atoms with van der Waals surface area (Å²) in [4.78, 5) is 31.9. The Balaban J connectivity index is 2.05. The molecular weight excluding hydrogens is 346 g/mol. The van der Waals surface area contributed by atoms with E-state index in [1.165, 1.54) is 6.20 Å². The van der Waals surface area contributed by atoms with Crippen molar-refractivity contribution in [3.63, 3.8) is 0 Å². The van der Waals surface area contributed by atoms with Crippen LogP contribution in [-0.4, -0.2) is 59.3 Å². The lowest BCUT2D eigenvalue weighted by Gasteiger charge is -2.41. The molecule has 8 heteroatoms. The summed E-state index contributed by atoms with van der Waals surface area (Å²) in [6, 6.07) is 1.58. The summed E-state index contributed by atoms with van der Waals surface area (Å²) in [5.74, 6) is -0.510. The molecule has 2 rings (SSSR count). The van der Waals surface area contributed by atoms with Crippen molar-refractivity contribution in [1.29, 1.82) is 0 Å². The van der Waals surface area contributed by atoms with Gasteiger partial charge in [0.15, 0.2) is 6.07 Å². The SMILES string of the molecule is CC1CN(C(=O)OC(C)(C)C)CCN1c1cncc(C(=O)OCCl)c1. The average molecular weight is 370 g/mol. The molecule has 1 amide bonds. The maximum Gasteiger partial charge on any atom is 0.410 e. The molecule has 0 spiro atoms. The Bertz CT molecular complexity index is 633. The first-order valence-corrected chi connectivity index (χ1v) is 8.67. The van der Waals surface area contributed by atoms with E-state index in [1.54, 1.807) is 17.2 Å². The van der Waals surface area contributed by atoms with E-state index in [0.29, 0.717) is 25.2 Å². The Morgan fingerprint density at radius 1 is 1.32 bits per heavy atom. The second-order valence-electron chi connectivity index (χ2n) is 6.94. The van der Waals surface area contributed by atoms with E-state index >= 15 is 0 Å². The fourth-order valence-corrected chi connectivity index (χ4v) is 2.76. The molecule has 1 unspecified atom stereocenters. The van der Waals surface area contributed by atoms with Crippen LogP contribution in [0.25, 0.3) is 0 Å². The fraction of sp³-hybridized carbons (Fsp3) is 0.588. The van der Waals surface area contributed by atoms with E-state index < -0.39 is 11.6 Å². The van der Waals surface area contributed by atoms with Crippen molar-refractivity contribution in [2.45, 2.75) is 39.3 Å². The molecule has 138 valence electrons.